The molecular formula is C21H26N2. The molecule has 0 spiro atoms. The van der Waals surface area contributed by atoms with Crippen LogP contribution in [0, 0.1) is 6.92 Å². The summed E-state index contributed by atoms with van der Waals surface area (Å²) in [7, 11) is 0. The zero-order valence-electron chi connectivity index (χ0n) is 14.2. The minimum absolute atomic E-state index is 1.06. The Morgan fingerprint density at radius 2 is 1.30 bits per heavy atom. The second-order valence-electron chi connectivity index (χ2n) is 5.95. The van der Waals surface area contributed by atoms with Gasteiger partial charge in [0.25, 0.3) is 0 Å². The number of rotatable bonds is 8. The molecule has 0 aliphatic heterocycles. The first-order chi connectivity index (χ1) is 11.3. The molecule has 0 radical (unpaired) electrons. The van der Waals surface area contributed by atoms with Gasteiger partial charge in [-0.15, -0.1) is 0 Å². The molecule has 2 rings (SSSR count). The lowest BCUT2D eigenvalue weighted by atomic mass is 10.1. The summed E-state index contributed by atoms with van der Waals surface area (Å²) in [6.45, 7) is 4.32. The molecule has 0 aliphatic carbocycles. The predicted molar refractivity (Wildman–Crippen MR) is 101 cm³/mol. The number of hydrogen-bond acceptors (Lipinski definition) is 2. The van der Waals surface area contributed by atoms with Crippen molar-refractivity contribution in [1.82, 2.24) is 0 Å². The van der Waals surface area contributed by atoms with Gasteiger partial charge in [-0.3, -0.25) is 0 Å². The number of aryl methyl sites for hydroxylation is 2. The summed E-state index contributed by atoms with van der Waals surface area (Å²) in [6.07, 6.45) is 9.98. The average Bonchev–Trinajstić information content (AvgIpc) is 2.58. The Bertz CT molecular complexity index is 622. The molecule has 0 saturated carbocycles. The Morgan fingerprint density at radius 1 is 0.739 bits per heavy atom. The monoisotopic (exact) mass is 306 g/mol. The highest BCUT2D eigenvalue weighted by Gasteiger charge is 1.94. The largest absolute Gasteiger partial charge is 0.159 e. The maximum absolute atomic E-state index is 4.12. The highest BCUT2D eigenvalue weighted by Crippen LogP contribution is 2.09. The molecule has 2 aromatic rings. The van der Waals surface area contributed by atoms with Crippen LogP contribution >= 0.6 is 0 Å². The van der Waals surface area contributed by atoms with Crippen LogP contribution in [0.4, 0.5) is 0 Å². The first-order valence-corrected chi connectivity index (χ1v) is 8.50. The van der Waals surface area contributed by atoms with E-state index in [-0.39, 0.29) is 0 Å². The smallest absolute Gasteiger partial charge is 0.0568 e. The van der Waals surface area contributed by atoms with Gasteiger partial charge in [-0.25, -0.2) is 0 Å². The van der Waals surface area contributed by atoms with Crippen molar-refractivity contribution in [2.75, 3.05) is 0 Å². The molecule has 0 heterocycles. The van der Waals surface area contributed by atoms with E-state index in [0.29, 0.717) is 0 Å². The van der Waals surface area contributed by atoms with Crippen LogP contribution in [0.3, 0.4) is 0 Å². The first kappa shape index (κ1) is 17.1. The van der Waals surface area contributed by atoms with Crippen LogP contribution in [-0.2, 0) is 6.42 Å². The Balaban J connectivity index is 1.81. The summed E-state index contributed by atoms with van der Waals surface area (Å²) in [5.41, 5.74) is 4.81. The fourth-order valence-corrected chi connectivity index (χ4v) is 2.38. The van der Waals surface area contributed by atoms with Gasteiger partial charge in [-0.05, 0) is 36.5 Å². The van der Waals surface area contributed by atoms with Gasteiger partial charge in [0.05, 0.1) is 12.4 Å². The summed E-state index contributed by atoms with van der Waals surface area (Å²) in [5.74, 6) is 0. The van der Waals surface area contributed by atoms with Crippen molar-refractivity contribution in [3.05, 3.63) is 70.8 Å². The number of benzene rings is 2. The van der Waals surface area contributed by atoms with Crippen LogP contribution in [0.1, 0.15) is 54.9 Å². The normalized spacial score (nSPS) is 11.6. The van der Waals surface area contributed by atoms with Crippen LogP contribution in [0.2, 0.25) is 0 Å². The van der Waals surface area contributed by atoms with Gasteiger partial charge in [-0.2, -0.15) is 10.2 Å². The average molecular weight is 306 g/mol. The van der Waals surface area contributed by atoms with Crippen molar-refractivity contribution < 1.29 is 0 Å². The molecule has 0 saturated heterocycles. The van der Waals surface area contributed by atoms with Crippen molar-refractivity contribution >= 4 is 12.4 Å². The van der Waals surface area contributed by atoms with Crippen molar-refractivity contribution in [2.24, 2.45) is 10.2 Å². The third-order valence-electron chi connectivity index (χ3n) is 3.86. The summed E-state index contributed by atoms with van der Waals surface area (Å²) in [5, 5.41) is 8.22. The molecule has 2 nitrogen and oxygen atoms in total. The zero-order chi connectivity index (χ0) is 16.3. The van der Waals surface area contributed by atoms with Crippen LogP contribution in [0.15, 0.2) is 58.7 Å². The molecule has 0 unspecified atom stereocenters. The molecule has 2 heteroatoms. The van der Waals surface area contributed by atoms with E-state index >= 15 is 0 Å². The topological polar surface area (TPSA) is 24.7 Å². The zero-order valence-corrected chi connectivity index (χ0v) is 14.2. The van der Waals surface area contributed by atoms with E-state index in [1.165, 1.54) is 43.2 Å². The Labute approximate surface area is 140 Å². The lowest BCUT2D eigenvalue weighted by Crippen LogP contribution is -1.87. The van der Waals surface area contributed by atoms with Gasteiger partial charge >= 0.3 is 0 Å². The molecule has 0 bridgehead atoms. The number of unbranched alkanes of at least 4 members (excludes halogenated alkanes) is 3. The number of hydrogen-bond donors (Lipinski definition) is 0. The molecule has 0 fully saturated rings. The van der Waals surface area contributed by atoms with Crippen LogP contribution in [0.25, 0.3) is 0 Å². The van der Waals surface area contributed by atoms with E-state index in [9.17, 15) is 0 Å². The van der Waals surface area contributed by atoms with Gasteiger partial charge in [0.1, 0.15) is 0 Å². The van der Waals surface area contributed by atoms with E-state index in [0.717, 1.165) is 11.1 Å². The lowest BCUT2D eigenvalue weighted by molar-refractivity contribution is 0.667. The summed E-state index contributed by atoms with van der Waals surface area (Å²) in [6, 6.07) is 16.8. The molecule has 0 N–H and O–H groups in total. The van der Waals surface area contributed by atoms with Crippen molar-refractivity contribution in [3.63, 3.8) is 0 Å². The SMILES string of the molecule is CCCCCCc1ccc(C=NN=Cc2ccc(C)cc2)cc1. The van der Waals surface area contributed by atoms with E-state index in [1.54, 1.807) is 12.4 Å². The first-order valence-electron chi connectivity index (χ1n) is 8.50. The van der Waals surface area contributed by atoms with E-state index in [2.05, 4.69) is 60.4 Å². The van der Waals surface area contributed by atoms with E-state index in [1.807, 2.05) is 12.1 Å². The van der Waals surface area contributed by atoms with Gasteiger partial charge in [0.15, 0.2) is 0 Å². The third kappa shape index (κ3) is 6.60. The summed E-state index contributed by atoms with van der Waals surface area (Å²) >= 11 is 0. The Hall–Kier alpha value is -2.22. The predicted octanol–water partition coefficient (Wildman–Crippen LogP) is 5.57. The summed E-state index contributed by atoms with van der Waals surface area (Å²) < 4.78 is 0. The fourth-order valence-electron chi connectivity index (χ4n) is 2.38. The van der Waals surface area contributed by atoms with E-state index in [4.69, 9.17) is 0 Å². The third-order valence-corrected chi connectivity index (χ3v) is 3.86. The molecule has 23 heavy (non-hydrogen) atoms. The maximum Gasteiger partial charge on any atom is 0.0568 e. The minimum atomic E-state index is 1.06. The van der Waals surface area contributed by atoms with Gasteiger partial charge in [0.2, 0.25) is 0 Å². The Kier molecular flexibility index (Phi) is 7.25. The highest BCUT2D eigenvalue weighted by molar-refractivity contribution is 5.82. The molecule has 120 valence electrons. The molecule has 0 amide bonds. The van der Waals surface area contributed by atoms with Crippen LogP contribution in [-0.4, -0.2) is 12.4 Å². The highest BCUT2D eigenvalue weighted by atomic mass is 15.2. The molecule has 0 atom stereocenters. The second kappa shape index (κ2) is 9.73. The molecule has 0 aromatic heterocycles. The summed E-state index contributed by atoms with van der Waals surface area (Å²) in [4.78, 5) is 0. The molecule has 0 aliphatic rings. The number of nitrogens with zero attached hydrogens (tertiary/aromatic N) is 2. The maximum atomic E-state index is 4.12. The van der Waals surface area contributed by atoms with Crippen LogP contribution in [0.5, 0.6) is 0 Å². The standard InChI is InChI=1S/C21H26N2/c1-3-4-5-6-7-19-12-14-21(15-13-19)17-23-22-16-20-10-8-18(2)9-11-20/h8-17H,3-7H2,1-2H3. The fraction of sp³-hybridized carbons (Fsp3) is 0.333. The second-order valence-corrected chi connectivity index (χ2v) is 5.95. The molecule has 2 aromatic carbocycles. The van der Waals surface area contributed by atoms with Gasteiger partial charge < -0.3 is 0 Å². The van der Waals surface area contributed by atoms with Gasteiger partial charge in [-0.1, -0.05) is 80.3 Å². The van der Waals surface area contributed by atoms with E-state index < -0.39 is 0 Å². The Morgan fingerprint density at radius 3 is 1.87 bits per heavy atom. The quantitative estimate of drug-likeness (QED) is 0.346. The molecular weight excluding hydrogens is 280 g/mol. The van der Waals surface area contributed by atoms with Crippen molar-refractivity contribution in [1.29, 1.82) is 0 Å². The minimum Gasteiger partial charge on any atom is -0.159 e. The van der Waals surface area contributed by atoms with Gasteiger partial charge in [0, 0.05) is 0 Å². The van der Waals surface area contributed by atoms with Crippen molar-refractivity contribution in [3.8, 4) is 0 Å². The van der Waals surface area contributed by atoms with Crippen molar-refractivity contribution in [2.45, 2.75) is 46.0 Å². The van der Waals surface area contributed by atoms with Crippen LogP contribution < -0.4 is 0 Å². The lowest BCUT2D eigenvalue weighted by Gasteiger charge is -2.01.